The molecule has 0 radical (unpaired) electrons. The fourth-order valence-electron chi connectivity index (χ4n) is 2.68. The highest BCUT2D eigenvalue weighted by Gasteiger charge is 2.29. The Morgan fingerprint density at radius 2 is 2.18 bits per heavy atom. The van der Waals surface area contributed by atoms with Crippen LogP contribution in [0.2, 0.25) is 5.02 Å². The van der Waals surface area contributed by atoms with Gasteiger partial charge in [0.05, 0.1) is 18.8 Å². The van der Waals surface area contributed by atoms with Gasteiger partial charge in [-0.15, -0.1) is 0 Å². The van der Waals surface area contributed by atoms with E-state index in [1.165, 1.54) is 0 Å². The third kappa shape index (κ3) is 4.68. The van der Waals surface area contributed by atoms with Gasteiger partial charge in [0.1, 0.15) is 0 Å². The molecule has 1 aliphatic heterocycles. The van der Waals surface area contributed by atoms with E-state index in [0.29, 0.717) is 24.4 Å². The van der Waals surface area contributed by atoms with E-state index in [4.69, 9.17) is 11.6 Å². The number of halogens is 1. The maximum absolute atomic E-state index is 12.1. The molecule has 0 aliphatic carbocycles. The number of hydrogen-bond donors (Lipinski definition) is 3. The van der Waals surface area contributed by atoms with E-state index in [0.717, 1.165) is 24.2 Å². The van der Waals surface area contributed by atoms with Crippen LogP contribution in [0.4, 0.5) is 5.69 Å². The molecule has 1 fully saturated rings. The largest absolute Gasteiger partial charge is 0.393 e. The molecule has 1 aliphatic rings. The second-order valence-electron chi connectivity index (χ2n) is 6.02. The van der Waals surface area contributed by atoms with Crippen molar-refractivity contribution in [3.8, 4) is 0 Å². The fraction of sp³-hybridized carbons (Fsp3) is 0.562. The third-order valence-electron chi connectivity index (χ3n) is 4.11. The number of likely N-dealkylation sites (tertiary alicyclic amines) is 1. The summed E-state index contributed by atoms with van der Waals surface area (Å²) in [5.74, 6) is -0.0869. The predicted molar refractivity (Wildman–Crippen MR) is 87.1 cm³/mol. The summed E-state index contributed by atoms with van der Waals surface area (Å²) >= 11 is 5.97. The maximum Gasteiger partial charge on any atom is 0.238 e. The van der Waals surface area contributed by atoms with Crippen LogP contribution in [-0.2, 0) is 4.79 Å². The minimum absolute atomic E-state index is 0.0869. The van der Waals surface area contributed by atoms with Crippen molar-refractivity contribution in [3.63, 3.8) is 0 Å². The molecule has 6 heteroatoms. The quantitative estimate of drug-likeness (QED) is 0.789. The Labute approximate surface area is 135 Å². The summed E-state index contributed by atoms with van der Waals surface area (Å²) in [5.41, 5.74) is 0.647. The SMILES string of the molecule is Cc1cc(NC(=O)CN2CCC[C@](O)(CO)CC2)ccc1Cl. The third-order valence-corrected chi connectivity index (χ3v) is 4.54. The van der Waals surface area contributed by atoms with Gasteiger partial charge >= 0.3 is 0 Å². The van der Waals surface area contributed by atoms with Crippen LogP contribution in [0, 0.1) is 6.92 Å². The van der Waals surface area contributed by atoms with Gasteiger partial charge < -0.3 is 15.5 Å². The molecular weight excluding hydrogens is 304 g/mol. The Bertz CT molecular complexity index is 538. The smallest absolute Gasteiger partial charge is 0.238 e. The first-order valence-corrected chi connectivity index (χ1v) is 7.91. The van der Waals surface area contributed by atoms with Gasteiger partial charge in [-0.25, -0.2) is 0 Å². The van der Waals surface area contributed by atoms with E-state index in [1.54, 1.807) is 12.1 Å². The Balaban J connectivity index is 1.87. The fourth-order valence-corrected chi connectivity index (χ4v) is 2.79. The second kappa shape index (κ2) is 7.42. The number of nitrogens with one attached hydrogen (secondary N) is 1. The standard InChI is InChI=1S/C16H23ClN2O3/c1-12-9-13(3-4-14(12)17)18-15(21)10-19-7-2-5-16(22,11-20)6-8-19/h3-4,9,20,22H,2,5-8,10-11H2,1H3,(H,18,21)/t16-/m1/s1. The van der Waals surface area contributed by atoms with Crippen molar-refractivity contribution in [2.24, 2.45) is 0 Å². The first-order chi connectivity index (χ1) is 10.4. The zero-order valence-corrected chi connectivity index (χ0v) is 13.6. The lowest BCUT2D eigenvalue weighted by molar-refractivity contribution is -0.117. The lowest BCUT2D eigenvalue weighted by Gasteiger charge is -2.24. The van der Waals surface area contributed by atoms with E-state index in [1.807, 2.05) is 17.9 Å². The Hall–Kier alpha value is -1.14. The number of aryl methyl sites for hydroxylation is 1. The molecular formula is C16H23ClN2O3. The number of benzene rings is 1. The lowest BCUT2D eigenvalue weighted by atomic mass is 9.96. The number of carbonyl (C=O) groups excluding carboxylic acids is 1. The summed E-state index contributed by atoms with van der Waals surface area (Å²) in [6.07, 6.45) is 1.82. The molecule has 1 amide bonds. The van der Waals surface area contributed by atoms with Crippen molar-refractivity contribution >= 4 is 23.2 Å². The summed E-state index contributed by atoms with van der Waals surface area (Å²) in [7, 11) is 0. The number of carbonyl (C=O) groups is 1. The van der Waals surface area contributed by atoms with Gasteiger partial charge in [0.15, 0.2) is 0 Å². The summed E-state index contributed by atoms with van der Waals surface area (Å²) in [6.45, 7) is 3.29. The van der Waals surface area contributed by atoms with E-state index in [9.17, 15) is 15.0 Å². The zero-order chi connectivity index (χ0) is 16.2. The monoisotopic (exact) mass is 326 g/mol. The number of aliphatic hydroxyl groups excluding tert-OH is 1. The van der Waals surface area contributed by atoms with Gasteiger partial charge in [0.25, 0.3) is 0 Å². The van der Waals surface area contributed by atoms with Crippen molar-refractivity contribution in [3.05, 3.63) is 28.8 Å². The van der Waals surface area contributed by atoms with E-state index >= 15 is 0 Å². The molecule has 0 bridgehead atoms. The number of nitrogens with zero attached hydrogens (tertiary/aromatic N) is 1. The Morgan fingerprint density at radius 3 is 2.86 bits per heavy atom. The lowest BCUT2D eigenvalue weighted by Crippen LogP contribution is -2.37. The molecule has 1 heterocycles. The molecule has 1 aromatic rings. The van der Waals surface area contributed by atoms with Crippen molar-refractivity contribution in [1.82, 2.24) is 4.90 Å². The molecule has 1 saturated heterocycles. The van der Waals surface area contributed by atoms with Crippen molar-refractivity contribution in [2.45, 2.75) is 31.8 Å². The molecule has 0 saturated carbocycles. The van der Waals surface area contributed by atoms with Gasteiger partial charge in [-0.2, -0.15) is 0 Å². The van der Waals surface area contributed by atoms with Crippen LogP contribution in [-0.4, -0.2) is 52.9 Å². The highest BCUT2D eigenvalue weighted by atomic mass is 35.5. The first-order valence-electron chi connectivity index (χ1n) is 7.53. The molecule has 1 aromatic carbocycles. The van der Waals surface area contributed by atoms with Crippen molar-refractivity contribution < 1.29 is 15.0 Å². The molecule has 22 heavy (non-hydrogen) atoms. The summed E-state index contributed by atoms with van der Waals surface area (Å²) in [4.78, 5) is 14.1. The topological polar surface area (TPSA) is 72.8 Å². The molecule has 5 nitrogen and oxygen atoms in total. The molecule has 0 aromatic heterocycles. The predicted octanol–water partition coefficient (Wildman–Crippen LogP) is 1.80. The molecule has 2 rings (SSSR count). The molecule has 122 valence electrons. The number of anilines is 1. The number of rotatable bonds is 4. The zero-order valence-electron chi connectivity index (χ0n) is 12.8. The Kier molecular flexibility index (Phi) is 5.81. The van der Waals surface area contributed by atoms with Crippen molar-refractivity contribution in [2.75, 3.05) is 31.6 Å². The van der Waals surface area contributed by atoms with E-state index in [2.05, 4.69) is 5.32 Å². The second-order valence-corrected chi connectivity index (χ2v) is 6.43. The minimum atomic E-state index is -1.00. The van der Waals surface area contributed by atoms with Crippen molar-refractivity contribution in [1.29, 1.82) is 0 Å². The van der Waals surface area contributed by atoms with Crippen LogP contribution in [0.3, 0.4) is 0 Å². The van der Waals surface area contributed by atoms with Crippen LogP contribution in [0.5, 0.6) is 0 Å². The van der Waals surface area contributed by atoms with Gasteiger partial charge in [-0.3, -0.25) is 9.69 Å². The van der Waals surface area contributed by atoms with Gasteiger partial charge in [0, 0.05) is 17.3 Å². The molecule has 0 unspecified atom stereocenters. The van der Waals surface area contributed by atoms with Gasteiger partial charge in [0.2, 0.25) is 5.91 Å². The number of aliphatic hydroxyl groups is 2. The van der Waals surface area contributed by atoms with Crippen LogP contribution in [0.25, 0.3) is 0 Å². The minimum Gasteiger partial charge on any atom is -0.393 e. The highest BCUT2D eigenvalue weighted by Crippen LogP contribution is 2.22. The van der Waals surface area contributed by atoms with Gasteiger partial charge in [-0.1, -0.05) is 11.6 Å². The number of hydrogen-bond acceptors (Lipinski definition) is 4. The van der Waals surface area contributed by atoms with Crippen LogP contribution in [0.15, 0.2) is 18.2 Å². The molecule has 1 atom stereocenters. The van der Waals surface area contributed by atoms with Crippen LogP contribution < -0.4 is 5.32 Å². The summed E-state index contributed by atoms with van der Waals surface area (Å²) < 4.78 is 0. The highest BCUT2D eigenvalue weighted by molar-refractivity contribution is 6.31. The van der Waals surface area contributed by atoms with Crippen LogP contribution in [0.1, 0.15) is 24.8 Å². The normalized spacial score (nSPS) is 23.1. The van der Waals surface area contributed by atoms with Crippen LogP contribution >= 0.6 is 11.6 Å². The van der Waals surface area contributed by atoms with E-state index in [-0.39, 0.29) is 19.1 Å². The van der Waals surface area contributed by atoms with E-state index < -0.39 is 5.60 Å². The number of amides is 1. The molecule has 3 N–H and O–H groups in total. The summed E-state index contributed by atoms with van der Waals surface area (Å²) in [6, 6.07) is 5.38. The molecule has 0 spiro atoms. The first kappa shape index (κ1) is 17.2. The summed E-state index contributed by atoms with van der Waals surface area (Å²) in [5, 5.41) is 22.9. The van der Waals surface area contributed by atoms with Gasteiger partial charge in [-0.05, 0) is 56.5 Å². The Morgan fingerprint density at radius 1 is 1.41 bits per heavy atom. The maximum atomic E-state index is 12.1. The average Bonchev–Trinajstić information content (AvgIpc) is 2.66. The average molecular weight is 327 g/mol.